The summed E-state index contributed by atoms with van der Waals surface area (Å²) in [5, 5.41) is 12.3. The lowest BCUT2D eigenvalue weighted by Crippen LogP contribution is -2.42. The SMILES string of the molecule is Cc1cc(CNC(C)(C)CO)c(C)o1. The normalized spacial score (nSPS) is 12.1. The second-order valence-corrected chi connectivity index (χ2v) is 4.33. The fourth-order valence-corrected chi connectivity index (χ4v) is 1.25. The zero-order valence-corrected chi connectivity index (χ0v) is 9.35. The lowest BCUT2D eigenvalue weighted by atomic mass is 10.1. The predicted octanol–water partition coefficient (Wildman–Crippen LogP) is 1.76. The molecule has 1 aromatic rings. The van der Waals surface area contributed by atoms with Gasteiger partial charge < -0.3 is 14.8 Å². The van der Waals surface area contributed by atoms with Gasteiger partial charge in [-0.1, -0.05) is 0 Å². The minimum Gasteiger partial charge on any atom is -0.466 e. The van der Waals surface area contributed by atoms with Crippen molar-refractivity contribution in [3.63, 3.8) is 0 Å². The molecular formula is C11H19NO2. The molecule has 0 aromatic carbocycles. The summed E-state index contributed by atoms with van der Waals surface area (Å²) in [6.45, 7) is 8.69. The molecule has 0 atom stereocenters. The summed E-state index contributed by atoms with van der Waals surface area (Å²) in [5.41, 5.74) is 0.918. The van der Waals surface area contributed by atoms with E-state index in [1.54, 1.807) is 0 Å². The molecule has 0 unspecified atom stereocenters. The van der Waals surface area contributed by atoms with Gasteiger partial charge in [0.05, 0.1) is 6.61 Å². The summed E-state index contributed by atoms with van der Waals surface area (Å²) in [5.74, 6) is 1.88. The Morgan fingerprint density at radius 1 is 1.43 bits per heavy atom. The number of furan rings is 1. The van der Waals surface area contributed by atoms with Crippen molar-refractivity contribution < 1.29 is 9.52 Å². The Morgan fingerprint density at radius 3 is 2.50 bits per heavy atom. The molecule has 0 fully saturated rings. The number of aliphatic hydroxyl groups excluding tert-OH is 1. The molecule has 3 nitrogen and oxygen atoms in total. The van der Waals surface area contributed by atoms with Gasteiger partial charge in [-0.3, -0.25) is 0 Å². The van der Waals surface area contributed by atoms with Crippen LogP contribution >= 0.6 is 0 Å². The van der Waals surface area contributed by atoms with E-state index in [-0.39, 0.29) is 12.1 Å². The molecular weight excluding hydrogens is 178 g/mol. The van der Waals surface area contributed by atoms with Crippen LogP contribution in [-0.4, -0.2) is 17.3 Å². The molecule has 0 aliphatic rings. The molecule has 0 amide bonds. The highest BCUT2D eigenvalue weighted by atomic mass is 16.3. The van der Waals surface area contributed by atoms with Gasteiger partial charge >= 0.3 is 0 Å². The first kappa shape index (κ1) is 11.3. The Hall–Kier alpha value is -0.800. The maximum Gasteiger partial charge on any atom is 0.105 e. The minimum atomic E-state index is -0.238. The summed E-state index contributed by atoms with van der Waals surface area (Å²) < 4.78 is 5.41. The average molecular weight is 197 g/mol. The highest BCUT2D eigenvalue weighted by Crippen LogP contribution is 2.14. The number of nitrogens with one attached hydrogen (secondary N) is 1. The van der Waals surface area contributed by atoms with Crippen molar-refractivity contribution in [1.29, 1.82) is 0 Å². The Morgan fingerprint density at radius 2 is 2.07 bits per heavy atom. The van der Waals surface area contributed by atoms with E-state index >= 15 is 0 Å². The van der Waals surface area contributed by atoms with E-state index < -0.39 is 0 Å². The first-order valence-corrected chi connectivity index (χ1v) is 4.86. The number of rotatable bonds is 4. The summed E-state index contributed by atoms with van der Waals surface area (Å²) >= 11 is 0. The fourth-order valence-electron chi connectivity index (χ4n) is 1.25. The van der Waals surface area contributed by atoms with Crippen LogP contribution in [0.2, 0.25) is 0 Å². The van der Waals surface area contributed by atoms with Gasteiger partial charge in [-0.15, -0.1) is 0 Å². The van der Waals surface area contributed by atoms with E-state index in [9.17, 15) is 0 Å². The third kappa shape index (κ3) is 2.86. The molecule has 1 heterocycles. The third-order valence-corrected chi connectivity index (χ3v) is 2.30. The predicted molar refractivity (Wildman–Crippen MR) is 56.2 cm³/mol. The summed E-state index contributed by atoms with van der Waals surface area (Å²) in [6, 6.07) is 2.02. The average Bonchev–Trinajstić information content (AvgIpc) is 2.42. The fraction of sp³-hybridized carbons (Fsp3) is 0.636. The zero-order valence-electron chi connectivity index (χ0n) is 9.35. The van der Waals surface area contributed by atoms with Crippen LogP contribution in [0.3, 0.4) is 0 Å². The van der Waals surface area contributed by atoms with Gasteiger partial charge in [0, 0.05) is 17.6 Å². The van der Waals surface area contributed by atoms with E-state index in [2.05, 4.69) is 5.32 Å². The van der Waals surface area contributed by atoms with Crippen LogP contribution in [-0.2, 0) is 6.54 Å². The number of aliphatic hydroxyl groups is 1. The number of hydrogen-bond donors (Lipinski definition) is 2. The van der Waals surface area contributed by atoms with Crippen LogP contribution in [0, 0.1) is 13.8 Å². The van der Waals surface area contributed by atoms with Gasteiger partial charge in [0.2, 0.25) is 0 Å². The lowest BCUT2D eigenvalue weighted by molar-refractivity contribution is 0.187. The van der Waals surface area contributed by atoms with Crippen molar-refractivity contribution in [2.45, 2.75) is 39.8 Å². The van der Waals surface area contributed by atoms with Crippen molar-refractivity contribution in [1.82, 2.24) is 5.32 Å². The van der Waals surface area contributed by atoms with Crippen LogP contribution in [0.15, 0.2) is 10.5 Å². The Bertz CT molecular complexity index is 302. The van der Waals surface area contributed by atoms with Gasteiger partial charge in [0.25, 0.3) is 0 Å². The van der Waals surface area contributed by atoms with Gasteiger partial charge in [0.15, 0.2) is 0 Å². The molecule has 0 aliphatic carbocycles. The zero-order chi connectivity index (χ0) is 10.8. The molecule has 0 saturated carbocycles. The van der Waals surface area contributed by atoms with Crippen molar-refractivity contribution in [2.75, 3.05) is 6.61 Å². The van der Waals surface area contributed by atoms with Crippen molar-refractivity contribution in [3.8, 4) is 0 Å². The maximum atomic E-state index is 9.06. The first-order chi connectivity index (χ1) is 6.44. The number of aryl methyl sites for hydroxylation is 2. The molecule has 2 N–H and O–H groups in total. The quantitative estimate of drug-likeness (QED) is 0.773. The van der Waals surface area contributed by atoms with Crippen molar-refractivity contribution in [2.24, 2.45) is 0 Å². The van der Waals surface area contributed by atoms with E-state index in [1.807, 2.05) is 33.8 Å². The van der Waals surface area contributed by atoms with Gasteiger partial charge in [-0.2, -0.15) is 0 Å². The molecule has 3 heteroatoms. The molecule has 0 bridgehead atoms. The smallest absolute Gasteiger partial charge is 0.105 e. The monoisotopic (exact) mass is 197 g/mol. The molecule has 0 saturated heterocycles. The summed E-state index contributed by atoms with van der Waals surface area (Å²) in [6.07, 6.45) is 0. The first-order valence-electron chi connectivity index (χ1n) is 4.86. The largest absolute Gasteiger partial charge is 0.466 e. The van der Waals surface area contributed by atoms with E-state index in [1.165, 1.54) is 0 Å². The molecule has 14 heavy (non-hydrogen) atoms. The van der Waals surface area contributed by atoms with Crippen LogP contribution in [0.1, 0.15) is 30.9 Å². The van der Waals surface area contributed by atoms with Crippen molar-refractivity contribution in [3.05, 3.63) is 23.2 Å². The highest BCUT2D eigenvalue weighted by molar-refractivity contribution is 5.20. The molecule has 80 valence electrons. The van der Waals surface area contributed by atoms with Gasteiger partial charge in [-0.25, -0.2) is 0 Å². The molecule has 1 aromatic heterocycles. The summed E-state index contributed by atoms with van der Waals surface area (Å²) in [7, 11) is 0. The standard InChI is InChI=1S/C11H19NO2/c1-8-5-10(9(2)14-8)6-12-11(3,4)7-13/h5,12-13H,6-7H2,1-4H3. The lowest BCUT2D eigenvalue weighted by Gasteiger charge is -2.23. The topological polar surface area (TPSA) is 45.4 Å². The van der Waals surface area contributed by atoms with E-state index in [0.29, 0.717) is 0 Å². The minimum absolute atomic E-state index is 0.128. The van der Waals surface area contributed by atoms with E-state index in [4.69, 9.17) is 9.52 Å². The second-order valence-electron chi connectivity index (χ2n) is 4.33. The van der Waals surface area contributed by atoms with Crippen LogP contribution in [0.5, 0.6) is 0 Å². The third-order valence-electron chi connectivity index (χ3n) is 2.30. The second kappa shape index (κ2) is 4.15. The maximum absolute atomic E-state index is 9.06. The van der Waals surface area contributed by atoms with Crippen molar-refractivity contribution >= 4 is 0 Å². The van der Waals surface area contributed by atoms with Gasteiger partial charge in [0.1, 0.15) is 11.5 Å². The highest BCUT2D eigenvalue weighted by Gasteiger charge is 2.16. The number of hydrogen-bond acceptors (Lipinski definition) is 3. The van der Waals surface area contributed by atoms with Gasteiger partial charge in [-0.05, 0) is 33.8 Å². The van der Waals surface area contributed by atoms with E-state index in [0.717, 1.165) is 23.6 Å². The molecule has 0 spiro atoms. The molecule has 0 aliphatic heterocycles. The van der Waals surface area contributed by atoms with Crippen LogP contribution in [0.4, 0.5) is 0 Å². The van der Waals surface area contributed by atoms with Crippen LogP contribution < -0.4 is 5.32 Å². The Kier molecular flexibility index (Phi) is 3.34. The molecule has 0 radical (unpaired) electrons. The molecule has 1 rings (SSSR count). The Labute approximate surface area is 85.1 Å². The Balaban J connectivity index is 2.58. The summed E-state index contributed by atoms with van der Waals surface area (Å²) in [4.78, 5) is 0. The van der Waals surface area contributed by atoms with Crippen LogP contribution in [0.25, 0.3) is 0 Å².